The summed E-state index contributed by atoms with van der Waals surface area (Å²) in [6.07, 6.45) is 11.9. The van der Waals surface area contributed by atoms with Crippen LogP contribution in [0.1, 0.15) is 72.1 Å². The van der Waals surface area contributed by atoms with Gasteiger partial charge in [0.15, 0.2) is 0 Å². The molecule has 5 rings (SSSR count). The van der Waals surface area contributed by atoms with Gasteiger partial charge in [0.1, 0.15) is 5.78 Å². The van der Waals surface area contributed by atoms with Crippen molar-refractivity contribution in [1.82, 2.24) is 0 Å². The molecule has 0 saturated heterocycles. The summed E-state index contributed by atoms with van der Waals surface area (Å²) in [7, 11) is 0. The first-order valence-electron chi connectivity index (χ1n) is 10.2. The van der Waals surface area contributed by atoms with Gasteiger partial charge in [0.2, 0.25) is 0 Å². The zero-order valence-electron chi connectivity index (χ0n) is 15.5. The second-order valence-electron chi connectivity index (χ2n) is 10.3. The molecular formula is C22H32O2. The molecule has 4 saturated carbocycles. The first kappa shape index (κ1) is 15.6. The van der Waals surface area contributed by atoms with E-state index < -0.39 is 0 Å². The molecule has 2 unspecified atom stereocenters. The highest BCUT2D eigenvalue weighted by atomic mass is 16.3. The molecule has 0 bridgehead atoms. The average Bonchev–Trinajstić information content (AvgIpc) is 3.07. The van der Waals surface area contributed by atoms with Gasteiger partial charge in [-0.2, -0.15) is 0 Å². The fourth-order valence-corrected chi connectivity index (χ4v) is 8.07. The van der Waals surface area contributed by atoms with Gasteiger partial charge in [0, 0.05) is 5.92 Å². The fourth-order valence-electron chi connectivity index (χ4n) is 8.07. The molecule has 5 aliphatic carbocycles. The molecule has 2 heteroatoms. The summed E-state index contributed by atoms with van der Waals surface area (Å²) in [4.78, 5) is 12.2. The van der Waals surface area contributed by atoms with Crippen molar-refractivity contribution in [3.63, 3.8) is 0 Å². The Kier molecular flexibility index (Phi) is 2.96. The van der Waals surface area contributed by atoms with Crippen LogP contribution in [0.3, 0.4) is 0 Å². The highest BCUT2D eigenvalue weighted by Gasteiger charge is 2.67. The van der Waals surface area contributed by atoms with Crippen LogP contribution in [0.5, 0.6) is 0 Å². The number of Topliss-reactive ketones (excluding diaryl/α,β-unsaturated/α-hetero) is 1. The average molecular weight is 328 g/mol. The highest BCUT2D eigenvalue weighted by Crippen LogP contribution is 2.71. The van der Waals surface area contributed by atoms with Crippen LogP contribution in [0.4, 0.5) is 0 Å². The summed E-state index contributed by atoms with van der Waals surface area (Å²) >= 11 is 0. The lowest BCUT2D eigenvalue weighted by molar-refractivity contribution is -0.124. The molecule has 132 valence electrons. The van der Waals surface area contributed by atoms with E-state index in [0.717, 1.165) is 25.7 Å². The number of ketones is 1. The van der Waals surface area contributed by atoms with Crippen LogP contribution in [0.25, 0.3) is 0 Å². The minimum atomic E-state index is -0.298. The van der Waals surface area contributed by atoms with E-state index >= 15 is 0 Å². The first-order valence-corrected chi connectivity index (χ1v) is 10.2. The maximum atomic E-state index is 12.2. The Morgan fingerprint density at radius 1 is 1.08 bits per heavy atom. The van der Waals surface area contributed by atoms with Crippen LogP contribution < -0.4 is 0 Å². The summed E-state index contributed by atoms with van der Waals surface area (Å²) in [6.45, 7) is 6.72. The van der Waals surface area contributed by atoms with Crippen molar-refractivity contribution in [2.24, 2.45) is 40.4 Å². The molecule has 1 N–H and O–H groups in total. The second kappa shape index (κ2) is 4.55. The van der Waals surface area contributed by atoms with E-state index in [4.69, 9.17) is 0 Å². The topological polar surface area (TPSA) is 37.3 Å². The van der Waals surface area contributed by atoms with Gasteiger partial charge in [-0.05, 0) is 92.8 Å². The maximum absolute atomic E-state index is 12.2. The third-order valence-corrected chi connectivity index (χ3v) is 9.48. The number of allylic oxidation sites excluding steroid dienone is 2. The third kappa shape index (κ3) is 1.74. The van der Waals surface area contributed by atoms with Crippen LogP contribution in [0.2, 0.25) is 0 Å². The number of hydrogen-bond acceptors (Lipinski definition) is 2. The van der Waals surface area contributed by atoms with Gasteiger partial charge in [-0.15, -0.1) is 0 Å². The first-order chi connectivity index (χ1) is 11.3. The van der Waals surface area contributed by atoms with E-state index in [1.54, 1.807) is 5.57 Å². The summed E-state index contributed by atoms with van der Waals surface area (Å²) in [6, 6.07) is 0. The zero-order valence-corrected chi connectivity index (χ0v) is 15.5. The molecule has 0 aliphatic heterocycles. The highest BCUT2D eigenvalue weighted by molar-refractivity contribution is 5.79. The number of carbonyl (C=O) groups is 1. The van der Waals surface area contributed by atoms with Crippen molar-refractivity contribution in [3.8, 4) is 0 Å². The Morgan fingerprint density at radius 2 is 1.83 bits per heavy atom. The summed E-state index contributed by atoms with van der Waals surface area (Å²) in [5.41, 5.74) is 1.97. The van der Waals surface area contributed by atoms with Crippen molar-refractivity contribution in [1.29, 1.82) is 0 Å². The molecule has 0 amide bonds. The number of carbonyl (C=O) groups excluding carboxylic acids is 1. The lowest BCUT2D eigenvalue weighted by Gasteiger charge is -2.56. The van der Waals surface area contributed by atoms with E-state index in [2.05, 4.69) is 19.9 Å². The minimum absolute atomic E-state index is 0.207. The molecule has 4 fully saturated rings. The third-order valence-electron chi connectivity index (χ3n) is 9.48. The standard InChI is InChI=1S/C22H32O2/c1-13(23)15-6-7-16-14-4-5-18-19-12-22(19,24)11-10-21(18,3)17(14)8-9-20(15,16)2/h8,14-16,18-19,24H,4-7,9-12H2,1-3H3/t14-,15+,16?,18+,19?,20+,21+,22-/m0/s1. The quantitative estimate of drug-likeness (QED) is 0.719. The molecule has 0 aromatic carbocycles. The number of fused-ring (bicyclic) bond motifs is 7. The molecule has 0 aromatic heterocycles. The van der Waals surface area contributed by atoms with Gasteiger partial charge in [-0.3, -0.25) is 4.79 Å². The lowest BCUT2D eigenvalue weighted by atomic mass is 9.48. The fraction of sp³-hybridized carbons (Fsp3) is 0.864. The molecule has 0 aromatic rings. The van der Waals surface area contributed by atoms with E-state index in [0.29, 0.717) is 34.9 Å². The van der Waals surface area contributed by atoms with Crippen LogP contribution in [0.15, 0.2) is 11.6 Å². The van der Waals surface area contributed by atoms with Crippen molar-refractivity contribution >= 4 is 5.78 Å². The van der Waals surface area contributed by atoms with Crippen LogP contribution in [0, 0.1) is 40.4 Å². The van der Waals surface area contributed by atoms with Gasteiger partial charge in [-0.1, -0.05) is 25.5 Å². The Balaban J connectivity index is 1.51. The van der Waals surface area contributed by atoms with E-state index in [1.165, 1.54) is 25.7 Å². The van der Waals surface area contributed by atoms with Crippen LogP contribution in [-0.2, 0) is 4.79 Å². The Morgan fingerprint density at radius 3 is 2.58 bits per heavy atom. The molecule has 24 heavy (non-hydrogen) atoms. The molecular weight excluding hydrogens is 296 g/mol. The molecule has 0 radical (unpaired) electrons. The van der Waals surface area contributed by atoms with Gasteiger partial charge in [0.25, 0.3) is 0 Å². The van der Waals surface area contributed by atoms with Gasteiger partial charge < -0.3 is 5.11 Å². The Labute approximate surface area is 146 Å². The van der Waals surface area contributed by atoms with Gasteiger partial charge >= 0.3 is 0 Å². The number of rotatable bonds is 1. The zero-order chi connectivity index (χ0) is 16.9. The maximum Gasteiger partial charge on any atom is 0.133 e. The van der Waals surface area contributed by atoms with Crippen LogP contribution in [-0.4, -0.2) is 16.5 Å². The Hall–Kier alpha value is -0.630. The number of aliphatic hydroxyl groups is 1. The normalized spacial score (nSPS) is 58.0. The van der Waals surface area contributed by atoms with Crippen molar-refractivity contribution < 1.29 is 9.90 Å². The van der Waals surface area contributed by atoms with Crippen molar-refractivity contribution in [2.45, 2.75) is 77.7 Å². The van der Waals surface area contributed by atoms with Gasteiger partial charge in [-0.25, -0.2) is 0 Å². The smallest absolute Gasteiger partial charge is 0.133 e. The van der Waals surface area contributed by atoms with E-state index in [-0.39, 0.29) is 16.9 Å². The van der Waals surface area contributed by atoms with Crippen molar-refractivity contribution in [2.75, 3.05) is 0 Å². The SMILES string of the molecule is CC(=O)[C@H]1CCC2[C@@H]3CC[C@@H]4C5C[C@@]5(O)CC[C@]4(C)C3=CC[C@@]21C. The molecule has 2 nitrogen and oxygen atoms in total. The summed E-state index contributed by atoms with van der Waals surface area (Å²) in [5.74, 6) is 3.39. The Bertz CT molecular complexity index is 636. The van der Waals surface area contributed by atoms with Crippen molar-refractivity contribution in [3.05, 3.63) is 11.6 Å². The van der Waals surface area contributed by atoms with Crippen LogP contribution >= 0.6 is 0 Å². The van der Waals surface area contributed by atoms with Gasteiger partial charge in [0.05, 0.1) is 5.60 Å². The predicted molar refractivity (Wildman–Crippen MR) is 94.3 cm³/mol. The number of hydrogen-bond donors (Lipinski definition) is 1. The summed E-state index contributed by atoms with van der Waals surface area (Å²) < 4.78 is 0. The minimum Gasteiger partial charge on any atom is -0.390 e. The predicted octanol–water partition coefficient (Wildman–Crippen LogP) is 4.52. The monoisotopic (exact) mass is 328 g/mol. The molecule has 0 spiro atoms. The van der Waals surface area contributed by atoms with E-state index in [9.17, 15) is 9.90 Å². The largest absolute Gasteiger partial charge is 0.390 e. The molecule has 5 aliphatic rings. The molecule has 8 atom stereocenters. The summed E-state index contributed by atoms with van der Waals surface area (Å²) in [5, 5.41) is 10.6. The molecule has 0 heterocycles. The lowest BCUT2D eigenvalue weighted by Crippen LogP contribution is -2.49. The van der Waals surface area contributed by atoms with E-state index in [1.807, 2.05) is 6.92 Å². The second-order valence-corrected chi connectivity index (χ2v) is 10.3.